The molecule has 1 aromatic carbocycles. The van der Waals surface area contributed by atoms with Crippen molar-refractivity contribution in [1.82, 2.24) is 15.5 Å². The van der Waals surface area contributed by atoms with E-state index in [2.05, 4.69) is 79.4 Å². The number of hydrogen-bond acceptors (Lipinski definition) is 2. The SMILES string of the molecule is CN=C(NCCCN(C(C)C)C(C)C)NCc1ccc(C)cc1. The first-order valence-electron chi connectivity index (χ1n) is 8.69. The summed E-state index contributed by atoms with van der Waals surface area (Å²) in [6.45, 7) is 14.0. The highest BCUT2D eigenvalue weighted by Crippen LogP contribution is 2.05. The lowest BCUT2D eigenvalue weighted by Gasteiger charge is -2.30. The summed E-state index contributed by atoms with van der Waals surface area (Å²) in [7, 11) is 1.82. The van der Waals surface area contributed by atoms with Crippen LogP contribution in [0.4, 0.5) is 0 Å². The Morgan fingerprint density at radius 1 is 1.04 bits per heavy atom. The van der Waals surface area contributed by atoms with Crippen LogP contribution < -0.4 is 10.6 Å². The summed E-state index contributed by atoms with van der Waals surface area (Å²) < 4.78 is 0. The van der Waals surface area contributed by atoms with Crippen molar-refractivity contribution in [3.8, 4) is 0 Å². The highest BCUT2D eigenvalue weighted by atomic mass is 15.2. The summed E-state index contributed by atoms with van der Waals surface area (Å²) in [5.74, 6) is 0.867. The zero-order valence-electron chi connectivity index (χ0n) is 15.7. The monoisotopic (exact) mass is 318 g/mol. The Kier molecular flexibility index (Phi) is 8.70. The molecule has 1 rings (SSSR count). The minimum atomic E-state index is 0.592. The van der Waals surface area contributed by atoms with E-state index in [1.807, 2.05) is 7.05 Å². The maximum absolute atomic E-state index is 4.29. The molecule has 0 aliphatic heterocycles. The molecular formula is C19H34N4. The van der Waals surface area contributed by atoms with Crippen LogP contribution in [0.5, 0.6) is 0 Å². The lowest BCUT2D eigenvalue weighted by molar-refractivity contribution is 0.173. The second-order valence-electron chi connectivity index (χ2n) is 6.62. The molecular weight excluding hydrogens is 284 g/mol. The smallest absolute Gasteiger partial charge is 0.191 e. The Morgan fingerprint density at radius 3 is 2.17 bits per heavy atom. The van der Waals surface area contributed by atoms with Gasteiger partial charge in [0.15, 0.2) is 5.96 Å². The maximum atomic E-state index is 4.29. The Morgan fingerprint density at radius 2 is 1.65 bits per heavy atom. The molecule has 0 atom stereocenters. The minimum Gasteiger partial charge on any atom is -0.356 e. The predicted molar refractivity (Wildman–Crippen MR) is 101 cm³/mol. The van der Waals surface area contributed by atoms with Crippen molar-refractivity contribution in [2.24, 2.45) is 4.99 Å². The van der Waals surface area contributed by atoms with E-state index < -0.39 is 0 Å². The van der Waals surface area contributed by atoms with E-state index >= 15 is 0 Å². The van der Waals surface area contributed by atoms with E-state index in [0.717, 1.165) is 32.0 Å². The first kappa shape index (κ1) is 19.5. The van der Waals surface area contributed by atoms with Gasteiger partial charge in [0.1, 0.15) is 0 Å². The van der Waals surface area contributed by atoms with E-state index in [9.17, 15) is 0 Å². The second kappa shape index (κ2) is 10.3. The fourth-order valence-corrected chi connectivity index (χ4v) is 2.69. The van der Waals surface area contributed by atoms with Gasteiger partial charge >= 0.3 is 0 Å². The molecule has 0 aromatic heterocycles. The average Bonchev–Trinajstić information content (AvgIpc) is 2.50. The van der Waals surface area contributed by atoms with E-state index in [0.29, 0.717) is 12.1 Å². The van der Waals surface area contributed by atoms with Crippen molar-refractivity contribution >= 4 is 5.96 Å². The largest absolute Gasteiger partial charge is 0.356 e. The number of benzene rings is 1. The van der Waals surface area contributed by atoms with Crippen LogP contribution in [0, 0.1) is 6.92 Å². The van der Waals surface area contributed by atoms with Gasteiger partial charge in [0.05, 0.1) is 0 Å². The van der Waals surface area contributed by atoms with Crippen LogP contribution in [0.2, 0.25) is 0 Å². The van der Waals surface area contributed by atoms with Crippen LogP contribution in [-0.4, -0.2) is 43.1 Å². The molecule has 0 bridgehead atoms. The highest BCUT2D eigenvalue weighted by Gasteiger charge is 2.12. The van der Waals surface area contributed by atoms with Crippen LogP contribution in [0.15, 0.2) is 29.3 Å². The third-order valence-electron chi connectivity index (χ3n) is 4.02. The predicted octanol–water partition coefficient (Wildman–Crippen LogP) is 3.17. The van der Waals surface area contributed by atoms with E-state index in [-0.39, 0.29) is 0 Å². The standard InChI is InChI=1S/C19H34N4/c1-15(2)23(16(3)4)13-7-12-21-19(20-6)22-14-18-10-8-17(5)9-11-18/h8-11,15-16H,7,12-14H2,1-6H3,(H2,20,21,22). The Balaban J connectivity index is 2.30. The van der Waals surface area contributed by atoms with Gasteiger partial charge in [-0.2, -0.15) is 0 Å². The van der Waals surface area contributed by atoms with Gasteiger partial charge in [0.2, 0.25) is 0 Å². The lowest BCUT2D eigenvalue weighted by atomic mass is 10.1. The van der Waals surface area contributed by atoms with Gasteiger partial charge in [-0.05, 0) is 46.6 Å². The molecule has 0 fully saturated rings. The van der Waals surface area contributed by atoms with Gasteiger partial charge in [-0.25, -0.2) is 0 Å². The number of nitrogens with zero attached hydrogens (tertiary/aromatic N) is 2. The Labute approximate surface area is 142 Å². The quantitative estimate of drug-likeness (QED) is 0.439. The molecule has 0 amide bonds. The van der Waals surface area contributed by atoms with E-state index in [4.69, 9.17) is 0 Å². The molecule has 0 aliphatic rings. The first-order valence-corrected chi connectivity index (χ1v) is 8.69. The summed E-state index contributed by atoms with van der Waals surface area (Å²) in [6, 6.07) is 9.76. The zero-order chi connectivity index (χ0) is 17.2. The normalized spacial score (nSPS) is 12.3. The van der Waals surface area contributed by atoms with Crippen LogP contribution in [0.1, 0.15) is 45.2 Å². The summed E-state index contributed by atoms with van der Waals surface area (Å²) in [5.41, 5.74) is 2.56. The van der Waals surface area contributed by atoms with Gasteiger partial charge in [-0.15, -0.1) is 0 Å². The van der Waals surface area contributed by atoms with Gasteiger partial charge in [-0.3, -0.25) is 9.89 Å². The van der Waals surface area contributed by atoms with Crippen LogP contribution in [-0.2, 0) is 6.54 Å². The fraction of sp³-hybridized carbons (Fsp3) is 0.632. The summed E-state index contributed by atoms with van der Waals surface area (Å²) in [4.78, 5) is 6.81. The Bertz CT molecular complexity index is 455. The summed E-state index contributed by atoms with van der Waals surface area (Å²) >= 11 is 0. The number of aliphatic imine (C=N–C) groups is 1. The maximum Gasteiger partial charge on any atom is 0.191 e. The van der Waals surface area contributed by atoms with Crippen molar-refractivity contribution in [2.45, 2.75) is 59.7 Å². The molecule has 1 aromatic rings. The van der Waals surface area contributed by atoms with Crippen molar-refractivity contribution in [3.63, 3.8) is 0 Å². The number of aryl methyl sites for hydroxylation is 1. The third kappa shape index (κ3) is 7.51. The van der Waals surface area contributed by atoms with E-state index in [1.54, 1.807) is 0 Å². The topological polar surface area (TPSA) is 39.7 Å². The van der Waals surface area contributed by atoms with Crippen LogP contribution >= 0.6 is 0 Å². The van der Waals surface area contributed by atoms with Gasteiger partial charge in [-0.1, -0.05) is 29.8 Å². The fourth-order valence-electron chi connectivity index (χ4n) is 2.69. The molecule has 2 N–H and O–H groups in total. The van der Waals surface area contributed by atoms with Gasteiger partial charge in [0, 0.05) is 38.8 Å². The average molecular weight is 319 g/mol. The molecule has 4 nitrogen and oxygen atoms in total. The van der Waals surface area contributed by atoms with Crippen molar-refractivity contribution in [3.05, 3.63) is 35.4 Å². The number of hydrogen-bond donors (Lipinski definition) is 2. The molecule has 130 valence electrons. The molecule has 0 saturated carbocycles. The third-order valence-corrected chi connectivity index (χ3v) is 4.02. The molecule has 4 heteroatoms. The number of rotatable bonds is 8. The summed E-state index contributed by atoms with van der Waals surface area (Å²) in [5, 5.41) is 6.76. The van der Waals surface area contributed by atoms with Crippen LogP contribution in [0.3, 0.4) is 0 Å². The van der Waals surface area contributed by atoms with Crippen molar-refractivity contribution in [1.29, 1.82) is 0 Å². The molecule has 0 saturated heterocycles. The molecule has 23 heavy (non-hydrogen) atoms. The van der Waals surface area contributed by atoms with Crippen molar-refractivity contribution in [2.75, 3.05) is 20.1 Å². The zero-order valence-corrected chi connectivity index (χ0v) is 15.7. The molecule has 0 aliphatic carbocycles. The van der Waals surface area contributed by atoms with Crippen molar-refractivity contribution < 1.29 is 0 Å². The number of nitrogens with one attached hydrogen (secondary N) is 2. The highest BCUT2D eigenvalue weighted by molar-refractivity contribution is 5.79. The molecule has 0 spiro atoms. The first-order chi connectivity index (χ1) is 10.9. The molecule has 0 radical (unpaired) electrons. The second-order valence-corrected chi connectivity index (χ2v) is 6.62. The van der Waals surface area contributed by atoms with E-state index in [1.165, 1.54) is 11.1 Å². The lowest BCUT2D eigenvalue weighted by Crippen LogP contribution is -2.41. The summed E-state index contributed by atoms with van der Waals surface area (Å²) in [6.07, 6.45) is 1.11. The number of guanidine groups is 1. The van der Waals surface area contributed by atoms with Gasteiger partial charge < -0.3 is 10.6 Å². The van der Waals surface area contributed by atoms with Gasteiger partial charge in [0.25, 0.3) is 0 Å². The van der Waals surface area contributed by atoms with Crippen LogP contribution in [0.25, 0.3) is 0 Å². The molecule has 0 unspecified atom stereocenters. The Hall–Kier alpha value is -1.55. The molecule has 0 heterocycles. The minimum absolute atomic E-state index is 0.592.